The molecule has 0 aliphatic carbocycles. The highest BCUT2D eigenvalue weighted by Crippen LogP contribution is 2.28. The molecule has 3 nitrogen and oxygen atoms in total. The van der Waals surface area contributed by atoms with Gasteiger partial charge in [-0.3, -0.25) is 4.79 Å². The minimum Gasteiger partial charge on any atom is -0.494 e. The first kappa shape index (κ1) is 15.9. The molecule has 116 valence electrons. The van der Waals surface area contributed by atoms with Gasteiger partial charge in [-0.1, -0.05) is 0 Å². The first-order valence-electron chi connectivity index (χ1n) is 6.63. The number of ketones is 1. The van der Waals surface area contributed by atoms with Gasteiger partial charge in [0.1, 0.15) is 0 Å². The molecule has 0 bridgehead atoms. The number of hydrogen-bond donors (Lipinski definition) is 0. The molecule has 0 fully saturated rings. The second kappa shape index (κ2) is 6.13. The van der Waals surface area contributed by atoms with Crippen LogP contribution in [0.4, 0.5) is 8.78 Å². The van der Waals surface area contributed by atoms with Gasteiger partial charge in [-0.15, -0.1) is 0 Å². The molecule has 2 aromatic carbocycles. The summed E-state index contributed by atoms with van der Waals surface area (Å²) in [4.78, 5) is 12.6. The molecule has 0 amide bonds. The van der Waals surface area contributed by atoms with Crippen molar-refractivity contribution in [1.29, 1.82) is 0 Å². The van der Waals surface area contributed by atoms with Gasteiger partial charge in [0.25, 0.3) is 0 Å². The summed E-state index contributed by atoms with van der Waals surface area (Å²) < 4.78 is 37.9. The zero-order valence-electron chi connectivity index (χ0n) is 12.8. The number of ether oxygens (including phenoxy) is 2. The van der Waals surface area contributed by atoms with Gasteiger partial charge in [0.05, 0.1) is 14.2 Å². The molecule has 0 unspecified atom stereocenters. The maximum absolute atomic E-state index is 14.1. The number of methoxy groups -OCH3 is 2. The molecule has 0 saturated carbocycles. The van der Waals surface area contributed by atoms with E-state index in [2.05, 4.69) is 0 Å². The molecule has 5 heteroatoms. The molecule has 0 radical (unpaired) electrons. The SMILES string of the molecule is COc1ccc(C(=O)c2ccc(OC)c(F)c2C)c(C)c1F. The van der Waals surface area contributed by atoms with Crippen LogP contribution in [0.1, 0.15) is 27.0 Å². The van der Waals surface area contributed by atoms with Crippen LogP contribution < -0.4 is 9.47 Å². The molecule has 0 aliphatic heterocycles. The van der Waals surface area contributed by atoms with Crippen LogP contribution in [0.5, 0.6) is 11.5 Å². The van der Waals surface area contributed by atoms with E-state index in [1.54, 1.807) is 0 Å². The molecule has 0 atom stereocenters. The lowest BCUT2D eigenvalue weighted by molar-refractivity contribution is 0.103. The Labute approximate surface area is 127 Å². The van der Waals surface area contributed by atoms with E-state index >= 15 is 0 Å². The van der Waals surface area contributed by atoms with Crippen LogP contribution >= 0.6 is 0 Å². The van der Waals surface area contributed by atoms with Crippen molar-refractivity contribution >= 4 is 5.78 Å². The second-order valence-corrected chi connectivity index (χ2v) is 4.84. The Kier molecular flexibility index (Phi) is 4.45. The first-order chi connectivity index (χ1) is 10.4. The summed E-state index contributed by atoms with van der Waals surface area (Å²) in [5, 5.41) is 0. The fourth-order valence-electron chi connectivity index (χ4n) is 2.27. The Hall–Kier alpha value is -2.43. The second-order valence-electron chi connectivity index (χ2n) is 4.84. The van der Waals surface area contributed by atoms with Gasteiger partial charge in [0, 0.05) is 11.1 Å². The number of carbonyl (C=O) groups excluding carboxylic acids is 1. The number of hydrogen-bond acceptors (Lipinski definition) is 3. The fraction of sp³-hybridized carbons (Fsp3) is 0.235. The Bertz CT molecular complexity index is 678. The fourth-order valence-corrected chi connectivity index (χ4v) is 2.27. The van der Waals surface area contributed by atoms with E-state index in [-0.39, 0.29) is 33.8 Å². The van der Waals surface area contributed by atoms with Crippen LogP contribution in [-0.4, -0.2) is 20.0 Å². The molecular weight excluding hydrogens is 290 g/mol. The van der Waals surface area contributed by atoms with Crippen molar-refractivity contribution in [1.82, 2.24) is 0 Å². The standard InChI is InChI=1S/C17H16F2O3/c1-9-11(5-7-13(21-3)15(9)18)17(20)12-6-8-14(22-4)16(19)10(12)2/h5-8H,1-4H3. The predicted octanol–water partition coefficient (Wildman–Crippen LogP) is 3.83. The van der Waals surface area contributed by atoms with Gasteiger partial charge in [-0.05, 0) is 49.2 Å². The zero-order chi connectivity index (χ0) is 16.4. The summed E-state index contributed by atoms with van der Waals surface area (Å²) in [6.45, 7) is 2.97. The van der Waals surface area contributed by atoms with Gasteiger partial charge >= 0.3 is 0 Å². The molecule has 0 heterocycles. The van der Waals surface area contributed by atoms with Crippen molar-refractivity contribution < 1.29 is 23.0 Å². The van der Waals surface area contributed by atoms with Crippen LogP contribution in [-0.2, 0) is 0 Å². The highest BCUT2D eigenvalue weighted by molar-refractivity contribution is 6.11. The van der Waals surface area contributed by atoms with Crippen LogP contribution in [0.15, 0.2) is 24.3 Å². The third-order valence-electron chi connectivity index (χ3n) is 3.63. The lowest BCUT2D eigenvalue weighted by Crippen LogP contribution is -2.09. The summed E-state index contributed by atoms with van der Waals surface area (Å²) in [5.41, 5.74) is 0.678. The van der Waals surface area contributed by atoms with E-state index in [0.717, 1.165) is 0 Å². The number of rotatable bonds is 4. The van der Waals surface area contributed by atoms with Crippen LogP contribution in [0.25, 0.3) is 0 Å². The minimum atomic E-state index is -0.597. The van der Waals surface area contributed by atoms with Crippen LogP contribution in [0.2, 0.25) is 0 Å². The number of halogens is 2. The number of benzene rings is 2. The molecule has 2 rings (SSSR count). The summed E-state index contributed by atoms with van der Waals surface area (Å²) in [6.07, 6.45) is 0. The Morgan fingerprint density at radius 3 is 1.50 bits per heavy atom. The van der Waals surface area contributed by atoms with Gasteiger partial charge in [-0.25, -0.2) is 8.78 Å². The molecule has 22 heavy (non-hydrogen) atoms. The quantitative estimate of drug-likeness (QED) is 0.805. The minimum absolute atomic E-state index is 0.0617. The molecule has 0 N–H and O–H groups in total. The zero-order valence-corrected chi connectivity index (χ0v) is 12.8. The van der Waals surface area contributed by atoms with E-state index < -0.39 is 17.4 Å². The van der Waals surface area contributed by atoms with Crippen LogP contribution in [0.3, 0.4) is 0 Å². The van der Waals surface area contributed by atoms with Gasteiger partial charge in [-0.2, -0.15) is 0 Å². The number of carbonyl (C=O) groups is 1. The topological polar surface area (TPSA) is 35.5 Å². The van der Waals surface area contributed by atoms with E-state index in [1.165, 1.54) is 52.3 Å². The lowest BCUT2D eigenvalue weighted by Gasteiger charge is -2.12. The highest BCUT2D eigenvalue weighted by atomic mass is 19.1. The lowest BCUT2D eigenvalue weighted by atomic mass is 9.95. The van der Waals surface area contributed by atoms with Gasteiger partial charge < -0.3 is 9.47 Å². The van der Waals surface area contributed by atoms with E-state index in [9.17, 15) is 13.6 Å². The average molecular weight is 306 g/mol. The summed E-state index contributed by atoms with van der Waals surface area (Å²) in [7, 11) is 2.70. The van der Waals surface area contributed by atoms with Gasteiger partial charge in [0.2, 0.25) is 0 Å². The van der Waals surface area contributed by atoms with Crippen LogP contribution in [0, 0.1) is 25.5 Å². The third kappa shape index (κ3) is 2.54. The van der Waals surface area contributed by atoms with E-state index in [1.807, 2.05) is 0 Å². The van der Waals surface area contributed by atoms with Gasteiger partial charge in [0.15, 0.2) is 28.9 Å². The van der Waals surface area contributed by atoms with Crippen molar-refractivity contribution in [2.75, 3.05) is 14.2 Å². The monoisotopic (exact) mass is 306 g/mol. The average Bonchev–Trinajstić information content (AvgIpc) is 2.52. The van der Waals surface area contributed by atoms with E-state index in [0.29, 0.717) is 0 Å². The first-order valence-corrected chi connectivity index (χ1v) is 6.63. The van der Waals surface area contributed by atoms with Crippen molar-refractivity contribution in [2.24, 2.45) is 0 Å². The van der Waals surface area contributed by atoms with Crippen molar-refractivity contribution in [3.05, 3.63) is 58.2 Å². The molecule has 0 spiro atoms. The Balaban J connectivity index is 2.54. The molecule has 2 aromatic rings. The summed E-state index contributed by atoms with van der Waals surface area (Å²) in [5.74, 6) is -1.52. The van der Waals surface area contributed by atoms with Crippen molar-refractivity contribution in [3.63, 3.8) is 0 Å². The predicted molar refractivity (Wildman–Crippen MR) is 78.8 cm³/mol. The Morgan fingerprint density at radius 2 is 1.18 bits per heavy atom. The normalized spacial score (nSPS) is 10.5. The maximum Gasteiger partial charge on any atom is 0.193 e. The molecular formula is C17H16F2O3. The Morgan fingerprint density at radius 1 is 0.818 bits per heavy atom. The summed E-state index contributed by atoms with van der Waals surface area (Å²) >= 11 is 0. The maximum atomic E-state index is 14.1. The van der Waals surface area contributed by atoms with Crippen molar-refractivity contribution in [3.8, 4) is 11.5 Å². The molecule has 0 saturated heterocycles. The molecule has 0 aromatic heterocycles. The smallest absolute Gasteiger partial charge is 0.193 e. The largest absolute Gasteiger partial charge is 0.494 e. The van der Waals surface area contributed by atoms with E-state index in [4.69, 9.17) is 9.47 Å². The third-order valence-corrected chi connectivity index (χ3v) is 3.63. The highest BCUT2D eigenvalue weighted by Gasteiger charge is 2.21. The van der Waals surface area contributed by atoms with Crippen molar-refractivity contribution in [2.45, 2.75) is 13.8 Å². The summed E-state index contributed by atoms with van der Waals surface area (Å²) in [6, 6.07) is 5.71. The molecule has 0 aliphatic rings.